The molecular formula is C21H21FN6OS. The minimum absolute atomic E-state index is 0.202. The summed E-state index contributed by atoms with van der Waals surface area (Å²) in [6.07, 6.45) is 6.12. The standard InChI is InChI=1S/C21H21FN6OS/c1-14-19(20(23)29)30-21(28(14)12-16-3-2-9-24-11-16)18-13-27(26-25-18)10-8-15-4-6-17(22)7-5-15/h2-7,9,11,13,21H,8,10,12H2,1H3,(H2,23,29). The second kappa shape index (κ2) is 8.66. The largest absolute Gasteiger partial charge is 0.365 e. The van der Waals surface area contributed by atoms with Crippen molar-refractivity contribution in [2.24, 2.45) is 5.73 Å². The third-order valence-electron chi connectivity index (χ3n) is 4.92. The van der Waals surface area contributed by atoms with Gasteiger partial charge < -0.3 is 10.6 Å². The van der Waals surface area contributed by atoms with Crippen LogP contribution < -0.4 is 5.73 Å². The highest BCUT2D eigenvalue weighted by Gasteiger charge is 2.35. The molecule has 1 aromatic carbocycles. The van der Waals surface area contributed by atoms with Crippen molar-refractivity contribution in [3.63, 3.8) is 0 Å². The molecule has 0 saturated heterocycles. The van der Waals surface area contributed by atoms with Gasteiger partial charge in [-0.25, -0.2) is 4.39 Å². The van der Waals surface area contributed by atoms with E-state index in [1.54, 1.807) is 29.2 Å². The van der Waals surface area contributed by atoms with Gasteiger partial charge in [0.2, 0.25) is 0 Å². The first kappa shape index (κ1) is 20.1. The fraction of sp³-hybridized carbons (Fsp3) is 0.238. The van der Waals surface area contributed by atoms with Crippen molar-refractivity contribution < 1.29 is 9.18 Å². The van der Waals surface area contributed by atoms with E-state index >= 15 is 0 Å². The van der Waals surface area contributed by atoms with Gasteiger partial charge in [-0.05, 0) is 42.7 Å². The average molecular weight is 425 g/mol. The molecule has 1 aliphatic heterocycles. The molecule has 1 aliphatic rings. The summed E-state index contributed by atoms with van der Waals surface area (Å²) in [7, 11) is 0. The SMILES string of the molecule is CC1=C(C(N)=O)SC(c2cn(CCc3ccc(F)cc3)nn2)N1Cc1cccnc1. The van der Waals surface area contributed by atoms with E-state index in [-0.39, 0.29) is 11.2 Å². The molecule has 0 fully saturated rings. The molecule has 3 heterocycles. The van der Waals surface area contributed by atoms with Gasteiger partial charge in [-0.15, -0.1) is 5.10 Å². The van der Waals surface area contributed by atoms with Crippen LogP contribution in [-0.2, 0) is 24.3 Å². The van der Waals surface area contributed by atoms with Crippen LogP contribution in [0, 0.1) is 5.82 Å². The number of amides is 1. The first-order valence-corrected chi connectivity index (χ1v) is 10.4. The van der Waals surface area contributed by atoms with Crippen LogP contribution in [0.1, 0.15) is 29.1 Å². The molecule has 2 aromatic heterocycles. The van der Waals surface area contributed by atoms with Crippen molar-refractivity contribution in [2.75, 3.05) is 0 Å². The van der Waals surface area contributed by atoms with Crippen molar-refractivity contribution >= 4 is 17.7 Å². The highest BCUT2D eigenvalue weighted by Crippen LogP contribution is 2.47. The minimum atomic E-state index is -0.445. The smallest absolute Gasteiger partial charge is 0.256 e. The number of hydrogen-bond donors (Lipinski definition) is 1. The van der Waals surface area contributed by atoms with Gasteiger partial charge in [0.15, 0.2) is 0 Å². The normalized spacial score (nSPS) is 16.3. The molecule has 3 aromatic rings. The molecule has 154 valence electrons. The zero-order valence-electron chi connectivity index (χ0n) is 16.4. The summed E-state index contributed by atoms with van der Waals surface area (Å²) in [5.74, 6) is -0.693. The van der Waals surface area contributed by atoms with E-state index in [9.17, 15) is 9.18 Å². The Bertz CT molecular complexity index is 1070. The maximum absolute atomic E-state index is 13.1. The Kier molecular flexibility index (Phi) is 5.80. The lowest BCUT2D eigenvalue weighted by atomic mass is 10.1. The lowest BCUT2D eigenvalue weighted by molar-refractivity contribution is -0.114. The number of pyridine rings is 1. The Labute approximate surface area is 177 Å². The Balaban J connectivity index is 1.51. The fourth-order valence-electron chi connectivity index (χ4n) is 3.34. The molecule has 2 N–H and O–H groups in total. The highest BCUT2D eigenvalue weighted by molar-refractivity contribution is 8.04. The van der Waals surface area contributed by atoms with Gasteiger partial charge in [0.25, 0.3) is 5.91 Å². The zero-order chi connectivity index (χ0) is 21.1. The third kappa shape index (κ3) is 4.35. The molecule has 0 bridgehead atoms. The number of allylic oxidation sites excluding steroid dienone is 1. The van der Waals surface area contributed by atoms with Crippen LogP contribution in [0.5, 0.6) is 0 Å². The van der Waals surface area contributed by atoms with Crippen molar-refractivity contribution in [1.29, 1.82) is 0 Å². The molecule has 7 nitrogen and oxygen atoms in total. The van der Waals surface area contributed by atoms with E-state index in [1.165, 1.54) is 23.9 Å². The lowest BCUT2D eigenvalue weighted by Gasteiger charge is -2.26. The highest BCUT2D eigenvalue weighted by atomic mass is 32.2. The summed E-state index contributed by atoms with van der Waals surface area (Å²) in [4.78, 5) is 18.7. The third-order valence-corrected chi connectivity index (χ3v) is 6.38. The number of halogens is 1. The molecular weight excluding hydrogens is 403 g/mol. The first-order chi connectivity index (χ1) is 14.5. The maximum Gasteiger partial charge on any atom is 0.256 e. The average Bonchev–Trinajstić information content (AvgIpc) is 3.33. The topological polar surface area (TPSA) is 89.9 Å². The molecule has 0 radical (unpaired) electrons. The van der Waals surface area contributed by atoms with Gasteiger partial charge in [-0.3, -0.25) is 14.5 Å². The minimum Gasteiger partial charge on any atom is -0.365 e. The Morgan fingerprint density at radius 2 is 2.03 bits per heavy atom. The second-order valence-corrected chi connectivity index (χ2v) is 8.11. The van der Waals surface area contributed by atoms with E-state index in [1.807, 2.05) is 25.3 Å². The van der Waals surface area contributed by atoms with Crippen LogP contribution in [0.15, 0.2) is 65.6 Å². The number of aryl methyl sites for hydroxylation is 2. The molecule has 1 unspecified atom stereocenters. The Morgan fingerprint density at radius 1 is 1.23 bits per heavy atom. The molecule has 9 heteroatoms. The summed E-state index contributed by atoms with van der Waals surface area (Å²) < 4.78 is 14.8. The van der Waals surface area contributed by atoms with Gasteiger partial charge >= 0.3 is 0 Å². The predicted molar refractivity (Wildman–Crippen MR) is 112 cm³/mol. The summed E-state index contributed by atoms with van der Waals surface area (Å²) in [5, 5.41) is 8.37. The Morgan fingerprint density at radius 3 is 2.73 bits per heavy atom. The lowest BCUT2D eigenvalue weighted by Crippen LogP contribution is -2.22. The van der Waals surface area contributed by atoms with Crippen LogP contribution in [0.4, 0.5) is 4.39 Å². The Hall–Kier alpha value is -3.20. The molecule has 0 spiro atoms. The number of rotatable bonds is 7. The van der Waals surface area contributed by atoms with Crippen LogP contribution in [-0.4, -0.2) is 30.8 Å². The summed E-state index contributed by atoms with van der Waals surface area (Å²) in [5.41, 5.74) is 9.21. The molecule has 4 rings (SSSR count). The number of carbonyl (C=O) groups excluding carboxylic acids is 1. The quantitative estimate of drug-likeness (QED) is 0.627. The second-order valence-electron chi connectivity index (χ2n) is 7.02. The van der Waals surface area contributed by atoms with Gasteiger partial charge in [-0.2, -0.15) is 0 Å². The monoisotopic (exact) mass is 424 g/mol. The molecule has 1 amide bonds. The van der Waals surface area contributed by atoms with Gasteiger partial charge in [0.1, 0.15) is 16.9 Å². The van der Waals surface area contributed by atoms with Crippen molar-refractivity contribution in [3.05, 3.63) is 88.2 Å². The number of nitrogens with two attached hydrogens (primary N) is 1. The molecule has 30 heavy (non-hydrogen) atoms. The predicted octanol–water partition coefficient (Wildman–Crippen LogP) is 3.02. The van der Waals surface area contributed by atoms with Crippen LogP contribution in [0.25, 0.3) is 0 Å². The van der Waals surface area contributed by atoms with E-state index in [2.05, 4.69) is 20.2 Å². The van der Waals surface area contributed by atoms with E-state index < -0.39 is 5.91 Å². The van der Waals surface area contributed by atoms with Crippen molar-refractivity contribution in [2.45, 2.75) is 31.8 Å². The van der Waals surface area contributed by atoms with E-state index in [0.717, 1.165) is 22.5 Å². The fourth-order valence-corrected chi connectivity index (χ4v) is 4.56. The zero-order valence-corrected chi connectivity index (χ0v) is 17.2. The van der Waals surface area contributed by atoms with Crippen molar-refractivity contribution in [3.8, 4) is 0 Å². The first-order valence-electron chi connectivity index (χ1n) is 9.48. The number of primary amides is 1. The van der Waals surface area contributed by atoms with Gasteiger partial charge in [0.05, 0.1) is 11.1 Å². The van der Waals surface area contributed by atoms with Crippen LogP contribution in [0.3, 0.4) is 0 Å². The van der Waals surface area contributed by atoms with Gasteiger partial charge in [0, 0.05) is 31.2 Å². The number of aromatic nitrogens is 4. The molecule has 0 saturated carbocycles. The number of nitrogens with zero attached hydrogens (tertiary/aromatic N) is 5. The van der Waals surface area contributed by atoms with E-state index in [0.29, 0.717) is 24.4 Å². The summed E-state index contributed by atoms with van der Waals surface area (Å²) in [6.45, 7) is 3.09. The van der Waals surface area contributed by atoms with E-state index in [4.69, 9.17) is 5.73 Å². The maximum atomic E-state index is 13.1. The summed E-state index contributed by atoms with van der Waals surface area (Å²) in [6, 6.07) is 10.3. The number of carbonyl (C=O) groups is 1. The van der Waals surface area contributed by atoms with Crippen LogP contribution in [0.2, 0.25) is 0 Å². The number of hydrogen-bond acceptors (Lipinski definition) is 6. The number of thioether (sulfide) groups is 1. The van der Waals surface area contributed by atoms with Gasteiger partial charge in [-0.1, -0.05) is 35.2 Å². The molecule has 0 aliphatic carbocycles. The van der Waals surface area contributed by atoms with Crippen LogP contribution >= 0.6 is 11.8 Å². The van der Waals surface area contributed by atoms with Crippen molar-refractivity contribution in [1.82, 2.24) is 24.9 Å². The number of benzene rings is 1. The summed E-state index contributed by atoms with van der Waals surface area (Å²) >= 11 is 1.39. The molecule has 1 atom stereocenters.